The molecular weight excluding hydrogens is 282 g/mol. The van der Waals surface area contributed by atoms with Crippen molar-refractivity contribution >= 4 is 11.7 Å². The number of ether oxygens (including phenoxy) is 1. The smallest absolute Gasteiger partial charge is 0.365 e. The lowest BCUT2D eigenvalue weighted by atomic mass is 10.1. The van der Waals surface area contributed by atoms with Gasteiger partial charge >= 0.3 is 5.97 Å². The van der Waals surface area contributed by atoms with Gasteiger partial charge in [-0.3, -0.25) is 0 Å². The van der Waals surface area contributed by atoms with Gasteiger partial charge in [0.1, 0.15) is 11.5 Å². The molecular formula is C17H17NO4. The predicted octanol–water partition coefficient (Wildman–Crippen LogP) is 3.37. The monoisotopic (exact) mass is 299 g/mol. The van der Waals surface area contributed by atoms with Crippen LogP contribution < -0.4 is 4.74 Å². The van der Waals surface area contributed by atoms with Gasteiger partial charge in [-0.05, 0) is 42.8 Å². The van der Waals surface area contributed by atoms with Crippen LogP contribution in [0.1, 0.15) is 29.3 Å². The van der Waals surface area contributed by atoms with Gasteiger partial charge in [-0.25, -0.2) is 4.79 Å². The number of oxime groups is 1. The van der Waals surface area contributed by atoms with Gasteiger partial charge in [-0.1, -0.05) is 24.2 Å². The molecule has 0 amide bonds. The van der Waals surface area contributed by atoms with Crippen LogP contribution in [-0.4, -0.2) is 23.9 Å². The number of hydrogen-bond donors (Lipinski definition) is 1. The molecule has 0 aliphatic heterocycles. The molecule has 0 bridgehead atoms. The number of phenols is 1. The molecule has 0 aromatic heterocycles. The highest BCUT2D eigenvalue weighted by molar-refractivity contribution is 6.02. The number of carbonyl (C=O) groups excluding carboxylic acids is 1. The van der Waals surface area contributed by atoms with Gasteiger partial charge in [-0.15, -0.1) is 0 Å². The summed E-state index contributed by atoms with van der Waals surface area (Å²) in [4.78, 5) is 16.9. The van der Waals surface area contributed by atoms with Gasteiger partial charge in [0.2, 0.25) is 0 Å². The standard InChI is InChI=1S/C17H17NO4/c1-3-15(14-6-4-5-7-16(14)19)18-22-17(20)12-8-10-13(21-2)11-9-12/h4-11,19H,3H2,1-2H3. The van der Waals surface area contributed by atoms with Gasteiger partial charge in [0.15, 0.2) is 0 Å². The Morgan fingerprint density at radius 2 is 1.82 bits per heavy atom. The Hall–Kier alpha value is -2.82. The largest absolute Gasteiger partial charge is 0.507 e. The number of rotatable bonds is 5. The number of hydrogen-bond acceptors (Lipinski definition) is 5. The van der Waals surface area contributed by atoms with Gasteiger partial charge in [0, 0.05) is 5.56 Å². The molecule has 0 spiro atoms. The third-order valence-electron chi connectivity index (χ3n) is 3.11. The Morgan fingerprint density at radius 3 is 2.41 bits per heavy atom. The predicted molar refractivity (Wildman–Crippen MR) is 83.3 cm³/mol. The lowest BCUT2D eigenvalue weighted by Gasteiger charge is -2.06. The van der Waals surface area contributed by atoms with Crippen molar-refractivity contribution in [3.05, 3.63) is 59.7 Å². The molecule has 5 heteroatoms. The molecule has 0 heterocycles. The molecule has 0 fully saturated rings. The number of carbonyl (C=O) groups is 1. The van der Waals surface area contributed by atoms with Crippen LogP contribution in [0.3, 0.4) is 0 Å². The lowest BCUT2D eigenvalue weighted by Crippen LogP contribution is -2.06. The van der Waals surface area contributed by atoms with Crippen molar-refractivity contribution in [1.29, 1.82) is 0 Å². The van der Waals surface area contributed by atoms with Crippen LogP contribution in [0.15, 0.2) is 53.7 Å². The molecule has 2 rings (SSSR count). The highest BCUT2D eigenvalue weighted by atomic mass is 16.7. The number of phenolic OH excluding ortho intramolecular Hbond substituents is 1. The summed E-state index contributed by atoms with van der Waals surface area (Å²) in [6.45, 7) is 1.87. The maximum Gasteiger partial charge on any atom is 0.365 e. The molecule has 2 aromatic rings. The van der Waals surface area contributed by atoms with Crippen molar-refractivity contribution < 1.29 is 19.5 Å². The highest BCUT2D eigenvalue weighted by Gasteiger charge is 2.11. The number of para-hydroxylation sites is 1. The zero-order valence-electron chi connectivity index (χ0n) is 12.4. The summed E-state index contributed by atoms with van der Waals surface area (Å²) in [5.74, 6) is 0.191. The number of methoxy groups -OCH3 is 1. The Labute approximate surface area is 128 Å². The Balaban J connectivity index is 2.14. The minimum absolute atomic E-state index is 0.101. The zero-order chi connectivity index (χ0) is 15.9. The van der Waals surface area contributed by atoms with E-state index in [0.29, 0.717) is 29.0 Å². The molecule has 2 aromatic carbocycles. The average Bonchev–Trinajstić information content (AvgIpc) is 2.56. The van der Waals surface area contributed by atoms with Crippen molar-refractivity contribution in [2.45, 2.75) is 13.3 Å². The molecule has 114 valence electrons. The summed E-state index contributed by atoms with van der Waals surface area (Å²) in [6, 6.07) is 13.3. The fourth-order valence-corrected chi connectivity index (χ4v) is 1.90. The first kappa shape index (κ1) is 15.6. The van der Waals surface area contributed by atoms with Crippen LogP contribution in [0.5, 0.6) is 11.5 Å². The molecule has 0 aliphatic carbocycles. The molecule has 0 atom stereocenters. The lowest BCUT2D eigenvalue weighted by molar-refractivity contribution is 0.0515. The second kappa shape index (κ2) is 7.26. The Bertz CT molecular complexity index is 677. The normalized spacial score (nSPS) is 11.1. The maximum absolute atomic E-state index is 11.9. The van der Waals surface area contributed by atoms with Crippen molar-refractivity contribution in [3.63, 3.8) is 0 Å². The van der Waals surface area contributed by atoms with Crippen LogP contribution in [0.25, 0.3) is 0 Å². The van der Waals surface area contributed by atoms with E-state index in [1.807, 2.05) is 6.92 Å². The van der Waals surface area contributed by atoms with E-state index in [1.165, 1.54) is 0 Å². The summed E-state index contributed by atoms with van der Waals surface area (Å²) in [5, 5.41) is 13.7. The Morgan fingerprint density at radius 1 is 1.14 bits per heavy atom. The molecule has 0 aliphatic rings. The third-order valence-corrected chi connectivity index (χ3v) is 3.11. The van der Waals surface area contributed by atoms with Crippen molar-refractivity contribution in [3.8, 4) is 11.5 Å². The average molecular weight is 299 g/mol. The SMILES string of the molecule is CCC(=NOC(=O)c1ccc(OC)cc1)c1ccccc1O. The quantitative estimate of drug-likeness (QED) is 0.522. The Kier molecular flexibility index (Phi) is 5.14. The van der Waals surface area contributed by atoms with Crippen molar-refractivity contribution in [2.24, 2.45) is 5.16 Å². The van der Waals surface area contributed by atoms with E-state index >= 15 is 0 Å². The van der Waals surface area contributed by atoms with Gasteiger partial charge < -0.3 is 14.7 Å². The second-order valence-corrected chi connectivity index (χ2v) is 4.52. The molecule has 5 nitrogen and oxygen atoms in total. The van der Waals surface area contributed by atoms with Gasteiger partial charge in [0.25, 0.3) is 0 Å². The zero-order valence-corrected chi connectivity index (χ0v) is 12.4. The number of benzene rings is 2. The molecule has 0 radical (unpaired) electrons. The second-order valence-electron chi connectivity index (χ2n) is 4.52. The van der Waals surface area contributed by atoms with E-state index in [1.54, 1.807) is 55.6 Å². The summed E-state index contributed by atoms with van der Waals surface area (Å²) in [6.07, 6.45) is 0.521. The number of nitrogens with zero attached hydrogens (tertiary/aromatic N) is 1. The molecule has 0 saturated heterocycles. The molecule has 1 N–H and O–H groups in total. The molecule has 0 saturated carbocycles. The van der Waals surface area contributed by atoms with Crippen molar-refractivity contribution in [2.75, 3.05) is 7.11 Å². The summed E-state index contributed by atoms with van der Waals surface area (Å²) in [5.41, 5.74) is 1.42. The first-order valence-electron chi connectivity index (χ1n) is 6.86. The topological polar surface area (TPSA) is 68.1 Å². The minimum Gasteiger partial charge on any atom is -0.507 e. The van der Waals surface area contributed by atoms with Crippen LogP contribution in [-0.2, 0) is 4.84 Å². The third kappa shape index (κ3) is 3.63. The fourth-order valence-electron chi connectivity index (χ4n) is 1.90. The summed E-state index contributed by atoms with van der Waals surface area (Å²) >= 11 is 0. The first-order chi connectivity index (χ1) is 10.7. The summed E-state index contributed by atoms with van der Waals surface area (Å²) in [7, 11) is 1.55. The van der Waals surface area contributed by atoms with E-state index in [0.717, 1.165) is 0 Å². The molecule has 22 heavy (non-hydrogen) atoms. The van der Waals surface area contributed by atoms with E-state index in [2.05, 4.69) is 5.16 Å². The van der Waals surface area contributed by atoms with E-state index in [4.69, 9.17) is 9.57 Å². The van der Waals surface area contributed by atoms with Gasteiger partial charge in [0.05, 0.1) is 18.4 Å². The fraction of sp³-hybridized carbons (Fsp3) is 0.176. The number of aromatic hydroxyl groups is 1. The van der Waals surface area contributed by atoms with Gasteiger partial charge in [-0.2, -0.15) is 0 Å². The van der Waals surface area contributed by atoms with E-state index in [-0.39, 0.29) is 5.75 Å². The minimum atomic E-state index is -0.566. The van der Waals surface area contributed by atoms with E-state index in [9.17, 15) is 9.90 Å². The van der Waals surface area contributed by atoms with Crippen LogP contribution in [0.2, 0.25) is 0 Å². The maximum atomic E-state index is 11.9. The molecule has 0 unspecified atom stereocenters. The van der Waals surface area contributed by atoms with Crippen LogP contribution >= 0.6 is 0 Å². The highest BCUT2D eigenvalue weighted by Crippen LogP contribution is 2.18. The first-order valence-corrected chi connectivity index (χ1v) is 6.86. The van der Waals surface area contributed by atoms with Crippen LogP contribution in [0.4, 0.5) is 0 Å². The van der Waals surface area contributed by atoms with E-state index < -0.39 is 5.97 Å². The van der Waals surface area contributed by atoms with Crippen LogP contribution in [0, 0.1) is 0 Å². The summed E-state index contributed by atoms with van der Waals surface area (Å²) < 4.78 is 5.03. The van der Waals surface area contributed by atoms with Crippen molar-refractivity contribution in [1.82, 2.24) is 0 Å².